The highest BCUT2D eigenvalue weighted by molar-refractivity contribution is 5.81. The van der Waals surface area contributed by atoms with Crippen LogP contribution in [0.25, 0.3) is 0 Å². The minimum atomic E-state index is -0.607. The molecule has 1 N–H and O–H groups in total. The molecule has 0 spiro atoms. The van der Waals surface area contributed by atoms with Gasteiger partial charge in [-0.3, -0.25) is 4.79 Å². The van der Waals surface area contributed by atoms with Crippen molar-refractivity contribution < 1.29 is 19.0 Å². The molecule has 0 unspecified atom stereocenters. The lowest BCUT2D eigenvalue weighted by molar-refractivity contribution is -0.128. The number of methoxy groups -OCH3 is 2. The maximum atomic E-state index is 12.7. The van der Waals surface area contributed by atoms with Crippen LogP contribution in [0, 0.1) is 0 Å². The van der Waals surface area contributed by atoms with Crippen LogP contribution in [-0.2, 0) is 10.2 Å². The molecule has 0 radical (unpaired) electrons. The molecule has 2 aromatic rings. The van der Waals surface area contributed by atoms with Gasteiger partial charge in [0, 0.05) is 0 Å². The van der Waals surface area contributed by atoms with Crippen LogP contribution in [0.5, 0.6) is 17.2 Å². The van der Waals surface area contributed by atoms with Crippen molar-refractivity contribution in [3.8, 4) is 17.2 Å². The second-order valence-electron chi connectivity index (χ2n) is 8.12. The average molecular weight is 400 g/mol. The van der Waals surface area contributed by atoms with E-state index in [1.807, 2.05) is 49.4 Å². The Labute approximate surface area is 174 Å². The summed E-state index contributed by atoms with van der Waals surface area (Å²) in [6, 6.07) is 13.4. The molecule has 2 rings (SSSR count). The molecule has 0 aliphatic rings. The molecular formula is C24H33NO4. The molecule has 2 atom stereocenters. The Morgan fingerprint density at radius 3 is 2.14 bits per heavy atom. The zero-order valence-electron chi connectivity index (χ0n) is 18.5. The number of carbonyl (C=O) groups excluding carboxylic acids is 1. The van der Waals surface area contributed by atoms with Gasteiger partial charge >= 0.3 is 0 Å². The first-order valence-corrected chi connectivity index (χ1v) is 9.99. The van der Waals surface area contributed by atoms with E-state index in [-0.39, 0.29) is 17.4 Å². The first-order chi connectivity index (χ1) is 13.7. The van der Waals surface area contributed by atoms with Gasteiger partial charge in [-0.25, -0.2) is 0 Å². The van der Waals surface area contributed by atoms with Crippen LogP contribution in [0.1, 0.15) is 58.2 Å². The molecule has 1 amide bonds. The van der Waals surface area contributed by atoms with Crippen LogP contribution >= 0.6 is 0 Å². The van der Waals surface area contributed by atoms with Crippen molar-refractivity contribution in [3.05, 3.63) is 53.6 Å². The summed E-state index contributed by atoms with van der Waals surface area (Å²) in [7, 11) is 3.20. The monoisotopic (exact) mass is 399 g/mol. The lowest BCUT2D eigenvalue weighted by Crippen LogP contribution is -2.38. The van der Waals surface area contributed by atoms with Crippen molar-refractivity contribution in [2.45, 2.75) is 58.6 Å². The highest BCUT2D eigenvalue weighted by Gasteiger charge is 2.21. The number of hydrogen-bond donors (Lipinski definition) is 1. The zero-order chi connectivity index (χ0) is 21.6. The lowest BCUT2D eigenvalue weighted by Gasteiger charge is -2.22. The molecule has 5 nitrogen and oxygen atoms in total. The predicted molar refractivity (Wildman–Crippen MR) is 116 cm³/mol. The third-order valence-corrected chi connectivity index (χ3v) is 4.94. The van der Waals surface area contributed by atoms with E-state index >= 15 is 0 Å². The van der Waals surface area contributed by atoms with Gasteiger partial charge in [-0.2, -0.15) is 0 Å². The molecule has 2 aromatic carbocycles. The van der Waals surface area contributed by atoms with Crippen LogP contribution < -0.4 is 19.5 Å². The quantitative estimate of drug-likeness (QED) is 0.676. The third-order valence-electron chi connectivity index (χ3n) is 4.94. The summed E-state index contributed by atoms with van der Waals surface area (Å²) in [5, 5.41) is 3.07. The second-order valence-corrected chi connectivity index (χ2v) is 8.12. The third kappa shape index (κ3) is 5.89. The fourth-order valence-corrected chi connectivity index (χ4v) is 3.07. The number of hydrogen-bond acceptors (Lipinski definition) is 4. The summed E-state index contributed by atoms with van der Waals surface area (Å²) in [5.74, 6) is 1.82. The number of benzene rings is 2. The number of amides is 1. The van der Waals surface area contributed by atoms with Crippen molar-refractivity contribution in [3.63, 3.8) is 0 Å². The fraction of sp³-hybridized carbons (Fsp3) is 0.458. The minimum absolute atomic E-state index is 0.0787. The normalized spacial score (nSPS) is 13.3. The van der Waals surface area contributed by atoms with E-state index in [2.05, 4.69) is 26.1 Å². The van der Waals surface area contributed by atoms with Gasteiger partial charge in [-0.15, -0.1) is 0 Å². The number of rotatable bonds is 8. The summed E-state index contributed by atoms with van der Waals surface area (Å²) in [5.41, 5.74) is 2.26. The number of nitrogens with one attached hydrogen (secondary N) is 1. The topological polar surface area (TPSA) is 56.8 Å². The van der Waals surface area contributed by atoms with E-state index in [1.165, 1.54) is 5.56 Å². The van der Waals surface area contributed by atoms with E-state index in [4.69, 9.17) is 14.2 Å². The molecule has 0 bridgehead atoms. The number of ether oxygens (including phenoxy) is 3. The molecule has 0 aliphatic carbocycles. The van der Waals surface area contributed by atoms with E-state index in [0.717, 1.165) is 12.0 Å². The van der Waals surface area contributed by atoms with Gasteiger partial charge in [0.25, 0.3) is 5.91 Å². The van der Waals surface area contributed by atoms with Gasteiger partial charge in [0.1, 0.15) is 5.75 Å². The molecule has 0 aliphatic heterocycles. The van der Waals surface area contributed by atoms with Gasteiger partial charge in [0.05, 0.1) is 20.3 Å². The Kier molecular flexibility index (Phi) is 7.54. The zero-order valence-corrected chi connectivity index (χ0v) is 18.5. The molecule has 158 valence electrons. The summed E-state index contributed by atoms with van der Waals surface area (Å²) in [6.45, 7) is 10.3. The maximum absolute atomic E-state index is 12.7. The Bertz CT molecular complexity index is 809. The Balaban J connectivity index is 2.05. The molecule has 0 aromatic heterocycles. The van der Waals surface area contributed by atoms with Crippen molar-refractivity contribution in [1.82, 2.24) is 5.32 Å². The van der Waals surface area contributed by atoms with E-state index in [9.17, 15) is 4.79 Å². The lowest BCUT2D eigenvalue weighted by atomic mass is 9.87. The summed E-state index contributed by atoms with van der Waals surface area (Å²) in [6.07, 6.45) is 0.137. The summed E-state index contributed by atoms with van der Waals surface area (Å²) in [4.78, 5) is 12.7. The predicted octanol–water partition coefficient (Wildman–Crippen LogP) is 5.04. The highest BCUT2D eigenvalue weighted by Crippen LogP contribution is 2.31. The molecule has 0 saturated heterocycles. The van der Waals surface area contributed by atoms with E-state index in [0.29, 0.717) is 17.2 Å². The average Bonchev–Trinajstić information content (AvgIpc) is 2.70. The summed E-state index contributed by atoms with van der Waals surface area (Å²) < 4.78 is 16.5. The Morgan fingerprint density at radius 2 is 1.62 bits per heavy atom. The molecule has 0 heterocycles. The van der Waals surface area contributed by atoms with Gasteiger partial charge in [0.2, 0.25) is 0 Å². The standard InChI is InChI=1S/C24H33NO4/c1-8-20(17-9-14-21(27-6)22(15-17)28-7)25-23(26)16(2)29-19-12-10-18(11-13-19)24(3,4)5/h9-16,20H,8H2,1-7H3,(H,25,26)/t16-,20-/m0/s1. The molecule has 5 heteroatoms. The van der Waals surface area contributed by atoms with Gasteiger partial charge < -0.3 is 19.5 Å². The smallest absolute Gasteiger partial charge is 0.261 e. The van der Waals surface area contributed by atoms with E-state index in [1.54, 1.807) is 21.1 Å². The van der Waals surface area contributed by atoms with Gasteiger partial charge in [-0.1, -0.05) is 45.9 Å². The molecular weight excluding hydrogens is 366 g/mol. The number of carbonyl (C=O) groups is 1. The van der Waals surface area contributed by atoms with Crippen molar-refractivity contribution in [2.24, 2.45) is 0 Å². The first kappa shape index (κ1) is 22.6. The Morgan fingerprint density at radius 1 is 1.00 bits per heavy atom. The van der Waals surface area contributed by atoms with Crippen LogP contribution in [0.3, 0.4) is 0 Å². The van der Waals surface area contributed by atoms with Gasteiger partial charge in [-0.05, 0) is 54.2 Å². The Hall–Kier alpha value is -2.69. The van der Waals surface area contributed by atoms with Crippen molar-refractivity contribution >= 4 is 5.91 Å². The van der Waals surface area contributed by atoms with Crippen LogP contribution in [0.15, 0.2) is 42.5 Å². The maximum Gasteiger partial charge on any atom is 0.261 e. The second kappa shape index (κ2) is 9.68. The SMILES string of the molecule is CC[C@H](NC(=O)[C@H](C)Oc1ccc(C(C)(C)C)cc1)c1ccc(OC)c(OC)c1. The molecule has 0 fully saturated rings. The minimum Gasteiger partial charge on any atom is -0.493 e. The van der Waals surface area contributed by atoms with Crippen LogP contribution in [-0.4, -0.2) is 26.2 Å². The van der Waals surface area contributed by atoms with E-state index < -0.39 is 6.10 Å². The highest BCUT2D eigenvalue weighted by atomic mass is 16.5. The van der Waals surface area contributed by atoms with Crippen molar-refractivity contribution in [1.29, 1.82) is 0 Å². The largest absolute Gasteiger partial charge is 0.493 e. The molecule has 0 saturated carbocycles. The van der Waals surface area contributed by atoms with Crippen LogP contribution in [0.4, 0.5) is 0 Å². The first-order valence-electron chi connectivity index (χ1n) is 9.99. The fourth-order valence-electron chi connectivity index (χ4n) is 3.07. The van der Waals surface area contributed by atoms with Crippen molar-refractivity contribution in [2.75, 3.05) is 14.2 Å². The summed E-state index contributed by atoms with van der Waals surface area (Å²) >= 11 is 0. The van der Waals surface area contributed by atoms with Crippen LogP contribution in [0.2, 0.25) is 0 Å². The molecule has 29 heavy (non-hydrogen) atoms. The van der Waals surface area contributed by atoms with Gasteiger partial charge in [0.15, 0.2) is 17.6 Å².